The van der Waals surface area contributed by atoms with Crippen molar-refractivity contribution in [3.8, 4) is 0 Å². The number of hydrogen-bond donors (Lipinski definition) is 2. The Morgan fingerprint density at radius 3 is 2.73 bits per heavy atom. The minimum atomic E-state index is -0.808. The fourth-order valence-electron chi connectivity index (χ4n) is 1.31. The molecule has 1 aromatic rings. The molecule has 0 spiro atoms. The molecule has 2 N–H and O–H groups in total. The van der Waals surface area contributed by atoms with E-state index in [2.05, 4.69) is 10.3 Å². The van der Waals surface area contributed by atoms with E-state index in [1.54, 1.807) is 11.3 Å². The van der Waals surface area contributed by atoms with Crippen LogP contribution in [0.25, 0.3) is 0 Å². The van der Waals surface area contributed by atoms with E-state index in [1.807, 2.05) is 26.2 Å². The van der Waals surface area contributed by atoms with Gasteiger partial charge in [-0.1, -0.05) is 13.8 Å². The van der Waals surface area contributed by atoms with Crippen LogP contribution in [-0.2, 0) is 11.3 Å². The summed E-state index contributed by atoms with van der Waals surface area (Å²) < 4.78 is 0. The molecule has 0 unspecified atom stereocenters. The first kappa shape index (κ1) is 12.1. The minimum absolute atomic E-state index is 0.0715. The van der Waals surface area contributed by atoms with Gasteiger partial charge in [-0.15, -0.1) is 11.3 Å². The van der Waals surface area contributed by atoms with Crippen molar-refractivity contribution in [1.29, 1.82) is 0 Å². The zero-order valence-electron chi connectivity index (χ0n) is 9.15. The van der Waals surface area contributed by atoms with Crippen molar-refractivity contribution in [1.82, 2.24) is 10.3 Å². The molecule has 4 nitrogen and oxygen atoms in total. The van der Waals surface area contributed by atoms with Gasteiger partial charge in [0.25, 0.3) is 0 Å². The molecule has 84 valence electrons. The number of aryl methyl sites for hydroxylation is 1. The average Bonchev–Trinajstić information content (AvgIpc) is 2.50. The number of rotatable bonds is 5. The van der Waals surface area contributed by atoms with Crippen molar-refractivity contribution in [3.63, 3.8) is 0 Å². The lowest BCUT2D eigenvalue weighted by Crippen LogP contribution is -2.40. The molecule has 0 saturated carbocycles. The molecule has 15 heavy (non-hydrogen) atoms. The van der Waals surface area contributed by atoms with Crippen molar-refractivity contribution in [3.05, 3.63) is 16.1 Å². The smallest absolute Gasteiger partial charge is 0.320 e. The number of aliphatic carboxylic acids is 1. The van der Waals surface area contributed by atoms with Crippen LogP contribution in [0.2, 0.25) is 0 Å². The van der Waals surface area contributed by atoms with Gasteiger partial charge in [-0.25, -0.2) is 4.98 Å². The molecule has 0 aliphatic carbocycles. The van der Waals surface area contributed by atoms with Crippen LogP contribution in [-0.4, -0.2) is 22.1 Å². The quantitative estimate of drug-likeness (QED) is 0.804. The summed E-state index contributed by atoms with van der Waals surface area (Å²) in [4.78, 5) is 15.2. The third-order valence-corrected chi connectivity index (χ3v) is 2.92. The maximum absolute atomic E-state index is 10.9. The lowest BCUT2D eigenvalue weighted by Gasteiger charge is -2.16. The summed E-state index contributed by atoms with van der Waals surface area (Å²) in [5.41, 5.74) is 0.907. The monoisotopic (exact) mass is 228 g/mol. The van der Waals surface area contributed by atoms with Crippen LogP contribution in [0.15, 0.2) is 5.38 Å². The molecule has 0 amide bonds. The van der Waals surface area contributed by atoms with Gasteiger partial charge in [-0.3, -0.25) is 10.1 Å². The highest BCUT2D eigenvalue weighted by atomic mass is 32.1. The molecule has 0 radical (unpaired) electrons. The number of nitrogens with zero attached hydrogens (tertiary/aromatic N) is 1. The molecule has 0 aromatic carbocycles. The second-order valence-electron chi connectivity index (χ2n) is 3.80. The zero-order chi connectivity index (χ0) is 11.4. The Kier molecular flexibility index (Phi) is 4.23. The number of thiazole rings is 1. The largest absolute Gasteiger partial charge is 0.480 e. The number of carboxylic acid groups (broad SMARTS) is 1. The molecular formula is C10H16N2O2S. The summed E-state index contributed by atoms with van der Waals surface area (Å²) in [6, 6.07) is -0.507. The topological polar surface area (TPSA) is 62.2 Å². The van der Waals surface area contributed by atoms with Gasteiger partial charge in [0.15, 0.2) is 0 Å². The fraction of sp³-hybridized carbons (Fsp3) is 0.600. The molecular weight excluding hydrogens is 212 g/mol. The highest BCUT2D eigenvalue weighted by Gasteiger charge is 2.20. The van der Waals surface area contributed by atoms with E-state index in [4.69, 9.17) is 5.11 Å². The van der Waals surface area contributed by atoms with Crippen molar-refractivity contribution >= 4 is 17.3 Å². The van der Waals surface area contributed by atoms with Crippen molar-refractivity contribution in [2.75, 3.05) is 0 Å². The van der Waals surface area contributed by atoms with Gasteiger partial charge < -0.3 is 5.11 Å². The summed E-state index contributed by atoms with van der Waals surface area (Å²) in [5.74, 6) is -0.737. The minimum Gasteiger partial charge on any atom is -0.480 e. The third-order valence-electron chi connectivity index (χ3n) is 2.10. The standard InChI is InChI=1S/C10H16N2O2S/c1-6(2)9(10(13)14)11-4-8-5-15-7(3)12-8/h5-6,9,11H,4H2,1-3H3,(H,13,14)/t9-/m0/s1. The van der Waals surface area contributed by atoms with Gasteiger partial charge in [0.05, 0.1) is 10.7 Å². The van der Waals surface area contributed by atoms with E-state index < -0.39 is 12.0 Å². The Balaban J connectivity index is 2.50. The molecule has 1 heterocycles. The molecule has 1 rings (SSSR count). The van der Waals surface area contributed by atoms with E-state index in [-0.39, 0.29) is 5.92 Å². The van der Waals surface area contributed by atoms with E-state index in [9.17, 15) is 4.79 Å². The Morgan fingerprint density at radius 2 is 2.33 bits per heavy atom. The van der Waals surface area contributed by atoms with Gasteiger partial charge in [0.2, 0.25) is 0 Å². The van der Waals surface area contributed by atoms with E-state index in [1.165, 1.54) is 0 Å². The van der Waals surface area contributed by atoms with E-state index in [0.29, 0.717) is 6.54 Å². The zero-order valence-corrected chi connectivity index (χ0v) is 9.97. The predicted octanol–water partition coefficient (Wildman–Crippen LogP) is 1.65. The SMILES string of the molecule is Cc1nc(CN[C@H](C(=O)O)C(C)C)cs1. The molecule has 0 aliphatic heterocycles. The lowest BCUT2D eigenvalue weighted by molar-refractivity contribution is -0.140. The van der Waals surface area contributed by atoms with Gasteiger partial charge in [0, 0.05) is 11.9 Å². The van der Waals surface area contributed by atoms with Crippen LogP contribution in [0.5, 0.6) is 0 Å². The first-order valence-electron chi connectivity index (χ1n) is 4.88. The molecule has 0 aliphatic rings. The first-order chi connectivity index (χ1) is 7.00. The van der Waals surface area contributed by atoms with Crippen LogP contribution in [0, 0.1) is 12.8 Å². The Morgan fingerprint density at radius 1 is 1.67 bits per heavy atom. The van der Waals surface area contributed by atoms with Crippen molar-refractivity contribution in [2.24, 2.45) is 5.92 Å². The molecule has 1 aromatic heterocycles. The maximum Gasteiger partial charge on any atom is 0.320 e. The molecule has 1 atom stereocenters. The van der Waals surface area contributed by atoms with Crippen LogP contribution >= 0.6 is 11.3 Å². The van der Waals surface area contributed by atoms with Crippen LogP contribution in [0.1, 0.15) is 24.5 Å². The second kappa shape index (κ2) is 5.23. The van der Waals surface area contributed by atoms with Crippen LogP contribution in [0.4, 0.5) is 0 Å². The van der Waals surface area contributed by atoms with Crippen LogP contribution in [0.3, 0.4) is 0 Å². The Hall–Kier alpha value is -0.940. The van der Waals surface area contributed by atoms with Gasteiger partial charge >= 0.3 is 5.97 Å². The fourth-order valence-corrected chi connectivity index (χ4v) is 1.92. The van der Waals surface area contributed by atoms with Gasteiger partial charge in [0.1, 0.15) is 6.04 Å². The molecule has 5 heteroatoms. The summed E-state index contributed by atoms with van der Waals surface area (Å²) in [6.07, 6.45) is 0. The summed E-state index contributed by atoms with van der Waals surface area (Å²) in [6.45, 7) is 6.22. The predicted molar refractivity (Wildman–Crippen MR) is 60.0 cm³/mol. The van der Waals surface area contributed by atoms with Gasteiger partial charge in [-0.2, -0.15) is 0 Å². The van der Waals surface area contributed by atoms with E-state index >= 15 is 0 Å². The van der Waals surface area contributed by atoms with Crippen molar-refractivity contribution < 1.29 is 9.90 Å². The normalized spacial score (nSPS) is 13.1. The third kappa shape index (κ3) is 3.60. The number of nitrogens with one attached hydrogen (secondary N) is 1. The molecule has 0 saturated heterocycles. The highest BCUT2D eigenvalue weighted by Crippen LogP contribution is 2.09. The lowest BCUT2D eigenvalue weighted by atomic mass is 10.1. The molecule has 0 fully saturated rings. The Bertz CT molecular complexity index is 336. The maximum atomic E-state index is 10.9. The highest BCUT2D eigenvalue weighted by molar-refractivity contribution is 7.09. The summed E-state index contributed by atoms with van der Waals surface area (Å²) in [5, 5.41) is 14.9. The second-order valence-corrected chi connectivity index (χ2v) is 4.86. The van der Waals surface area contributed by atoms with E-state index in [0.717, 1.165) is 10.7 Å². The number of hydrogen-bond acceptors (Lipinski definition) is 4. The summed E-state index contributed by atoms with van der Waals surface area (Å²) in [7, 11) is 0. The number of carbonyl (C=O) groups is 1. The average molecular weight is 228 g/mol. The van der Waals surface area contributed by atoms with Crippen LogP contribution < -0.4 is 5.32 Å². The number of aromatic nitrogens is 1. The number of carboxylic acids is 1. The van der Waals surface area contributed by atoms with Gasteiger partial charge in [-0.05, 0) is 12.8 Å². The first-order valence-corrected chi connectivity index (χ1v) is 5.76. The van der Waals surface area contributed by atoms with Crippen molar-refractivity contribution in [2.45, 2.75) is 33.4 Å². The molecule has 0 bridgehead atoms. The Labute approximate surface area is 93.4 Å². The summed E-state index contributed by atoms with van der Waals surface area (Å²) >= 11 is 1.57.